The standard InChI is InChI=1S/C39H58ClN6O7P/c1-3-4-5-6-7-8-9-10-11-12-13-14-15-16-21-50-27-36(51-26-33-22-32(25-41)23-34(40)24-33)28-52-54(47,48)53-30-39(29-42,49-2)20-19-35-17-18-37-38(43)44-31-45-46(35)37/h17-18,22-24,31,36H,3-16,19-21,26-28,30H2,1-2H3,(H,47,48)(H2,43,44,45)/t36-,39+/m0/s1. The van der Waals surface area contributed by atoms with Crippen molar-refractivity contribution in [3.63, 3.8) is 0 Å². The molecule has 0 amide bonds. The molecule has 0 aliphatic heterocycles. The Morgan fingerprint density at radius 1 is 0.963 bits per heavy atom. The number of rotatable bonds is 30. The minimum absolute atomic E-state index is 0.0638. The highest BCUT2D eigenvalue weighted by molar-refractivity contribution is 7.47. The molecule has 0 aliphatic carbocycles. The lowest BCUT2D eigenvalue weighted by Gasteiger charge is -2.26. The van der Waals surface area contributed by atoms with Crippen LogP contribution in [0.25, 0.3) is 5.52 Å². The summed E-state index contributed by atoms with van der Waals surface area (Å²) in [6, 6.07) is 12.6. The van der Waals surface area contributed by atoms with Crippen molar-refractivity contribution in [3.8, 4) is 12.1 Å². The molecule has 1 aromatic carbocycles. The number of phosphoric acid groups is 1. The number of nitrogen functional groups attached to an aromatic ring is 1. The summed E-state index contributed by atoms with van der Waals surface area (Å²) in [5, 5.41) is 23.9. The fourth-order valence-corrected chi connectivity index (χ4v) is 7.12. The predicted octanol–water partition coefficient (Wildman–Crippen LogP) is 8.89. The molecular formula is C39H58ClN6O7P. The van der Waals surface area contributed by atoms with Gasteiger partial charge in [-0.2, -0.15) is 15.6 Å². The second kappa shape index (κ2) is 25.1. The number of hydrogen-bond acceptors (Lipinski definition) is 11. The van der Waals surface area contributed by atoms with Crippen molar-refractivity contribution in [2.24, 2.45) is 0 Å². The Morgan fingerprint density at radius 2 is 1.63 bits per heavy atom. The van der Waals surface area contributed by atoms with Crippen molar-refractivity contribution in [2.45, 2.75) is 128 Å². The summed E-state index contributed by atoms with van der Waals surface area (Å²) in [4.78, 5) is 14.6. The number of fused-ring (bicyclic) bond motifs is 1. The highest BCUT2D eigenvalue weighted by atomic mass is 35.5. The first kappa shape index (κ1) is 45.3. The van der Waals surface area contributed by atoms with Gasteiger partial charge in [-0.1, -0.05) is 102 Å². The van der Waals surface area contributed by atoms with E-state index in [-0.39, 0.29) is 26.2 Å². The van der Waals surface area contributed by atoms with Crippen molar-refractivity contribution in [1.82, 2.24) is 14.6 Å². The lowest BCUT2D eigenvalue weighted by molar-refractivity contribution is -0.0554. The van der Waals surface area contributed by atoms with Crippen molar-refractivity contribution in [2.75, 3.05) is 39.3 Å². The topological polar surface area (TPSA) is 187 Å². The fourth-order valence-electron chi connectivity index (χ4n) is 6.06. The number of aromatic nitrogens is 3. The average molecular weight is 789 g/mol. The zero-order valence-electron chi connectivity index (χ0n) is 31.9. The normalized spacial score (nSPS) is 14.3. The zero-order valence-corrected chi connectivity index (χ0v) is 33.6. The van der Waals surface area contributed by atoms with Gasteiger partial charge < -0.3 is 24.8 Å². The van der Waals surface area contributed by atoms with E-state index in [1.54, 1.807) is 28.8 Å². The van der Waals surface area contributed by atoms with Crippen LogP contribution in [0.5, 0.6) is 0 Å². The third-order valence-electron chi connectivity index (χ3n) is 9.34. The molecule has 3 N–H and O–H groups in total. The van der Waals surface area contributed by atoms with Gasteiger partial charge in [0, 0.05) is 24.4 Å². The first-order valence-corrected chi connectivity index (χ1v) is 21.1. The van der Waals surface area contributed by atoms with Crippen LogP contribution in [0, 0.1) is 22.7 Å². The molecule has 3 aromatic rings. The number of phosphoric ester groups is 1. The largest absolute Gasteiger partial charge is 0.472 e. The number of aryl methyl sites for hydroxylation is 1. The molecule has 1 unspecified atom stereocenters. The van der Waals surface area contributed by atoms with Gasteiger partial charge in [0.15, 0.2) is 11.4 Å². The lowest BCUT2D eigenvalue weighted by atomic mass is 9.99. The average Bonchev–Trinajstić information content (AvgIpc) is 3.59. The highest BCUT2D eigenvalue weighted by Crippen LogP contribution is 2.44. The van der Waals surface area contributed by atoms with Crippen LogP contribution in [0.15, 0.2) is 36.7 Å². The maximum absolute atomic E-state index is 13.0. The molecule has 0 spiro atoms. The van der Waals surface area contributed by atoms with Crippen molar-refractivity contribution in [3.05, 3.63) is 58.5 Å². The highest BCUT2D eigenvalue weighted by Gasteiger charge is 2.35. The lowest BCUT2D eigenvalue weighted by Crippen LogP contribution is -2.36. The van der Waals surface area contributed by atoms with Gasteiger partial charge >= 0.3 is 7.82 Å². The first-order valence-electron chi connectivity index (χ1n) is 19.2. The summed E-state index contributed by atoms with van der Waals surface area (Å²) in [6.07, 6.45) is 18.7. The zero-order chi connectivity index (χ0) is 39.1. The van der Waals surface area contributed by atoms with Gasteiger partial charge in [0.25, 0.3) is 0 Å². The summed E-state index contributed by atoms with van der Waals surface area (Å²) in [7, 11) is -3.33. The van der Waals surface area contributed by atoms with E-state index in [1.807, 2.05) is 6.07 Å². The van der Waals surface area contributed by atoms with E-state index < -0.39 is 26.1 Å². The summed E-state index contributed by atoms with van der Waals surface area (Å²) in [5.74, 6) is 0.318. The number of nitriles is 2. The first-order chi connectivity index (χ1) is 26.1. The van der Waals surface area contributed by atoms with Crippen molar-refractivity contribution in [1.29, 1.82) is 10.5 Å². The van der Waals surface area contributed by atoms with Gasteiger partial charge in [0.1, 0.15) is 30.6 Å². The second-order valence-electron chi connectivity index (χ2n) is 13.7. The molecule has 54 heavy (non-hydrogen) atoms. The molecule has 3 rings (SSSR count). The Labute approximate surface area is 325 Å². The number of halogens is 1. The molecule has 0 aliphatic rings. The third-order valence-corrected chi connectivity index (χ3v) is 10.5. The van der Waals surface area contributed by atoms with Crippen LogP contribution >= 0.6 is 19.4 Å². The van der Waals surface area contributed by atoms with Crippen molar-refractivity contribution >= 4 is 30.8 Å². The van der Waals surface area contributed by atoms with Crippen LogP contribution in [0.3, 0.4) is 0 Å². The summed E-state index contributed by atoms with van der Waals surface area (Å²) in [6.45, 7) is 2.06. The Bertz CT molecular complexity index is 1660. The molecule has 0 bridgehead atoms. The number of unbranched alkanes of at least 4 members (excludes halogenated alkanes) is 13. The number of methoxy groups -OCH3 is 1. The van der Waals surface area contributed by atoms with Crippen LogP contribution in [0.4, 0.5) is 5.82 Å². The van der Waals surface area contributed by atoms with E-state index >= 15 is 0 Å². The number of ether oxygens (including phenoxy) is 3. The number of nitrogens with zero attached hydrogens (tertiary/aromatic N) is 5. The second-order valence-corrected chi connectivity index (χ2v) is 15.6. The van der Waals surface area contributed by atoms with Crippen LogP contribution < -0.4 is 5.73 Å². The molecule has 0 radical (unpaired) electrons. The molecule has 298 valence electrons. The Kier molecular flexibility index (Phi) is 21.1. The molecule has 2 heterocycles. The summed E-state index contributed by atoms with van der Waals surface area (Å²) < 4.78 is 42.7. The van der Waals surface area contributed by atoms with E-state index in [1.165, 1.54) is 84.1 Å². The molecular weight excluding hydrogens is 731 g/mol. The fraction of sp³-hybridized carbons (Fsp3) is 0.641. The quantitative estimate of drug-likeness (QED) is 0.0483. The third kappa shape index (κ3) is 16.7. The maximum atomic E-state index is 13.0. The number of benzene rings is 1. The predicted molar refractivity (Wildman–Crippen MR) is 209 cm³/mol. The van der Waals surface area contributed by atoms with Gasteiger partial charge in [-0.15, -0.1) is 0 Å². The van der Waals surface area contributed by atoms with Gasteiger partial charge in [-0.05, 0) is 55.2 Å². The molecule has 0 fully saturated rings. The Hall–Kier alpha value is -3.10. The smallest absolute Gasteiger partial charge is 0.382 e. The monoisotopic (exact) mass is 788 g/mol. The van der Waals surface area contributed by atoms with E-state index in [0.717, 1.165) is 25.0 Å². The van der Waals surface area contributed by atoms with Gasteiger partial charge in [0.2, 0.25) is 0 Å². The van der Waals surface area contributed by atoms with E-state index in [0.29, 0.717) is 40.5 Å². The van der Waals surface area contributed by atoms with Gasteiger partial charge in [-0.25, -0.2) is 14.1 Å². The summed E-state index contributed by atoms with van der Waals surface area (Å²) >= 11 is 6.17. The number of anilines is 1. The van der Waals surface area contributed by atoms with Crippen LogP contribution in [0.2, 0.25) is 5.02 Å². The van der Waals surface area contributed by atoms with Gasteiger partial charge in [-0.3, -0.25) is 9.05 Å². The number of nitrogens with two attached hydrogens (primary N) is 1. The SMILES string of the molecule is CCCCCCCCCCCCCCCCOC[C@@H](COP(=O)(O)OC[C@](C#N)(CCc1ccc2c(N)ncnn12)OC)OCc1cc(Cl)cc(C#N)c1. The minimum Gasteiger partial charge on any atom is -0.382 e. The van der Waals surface area contributed by atoms with Crippen LogP contribution in [-0.2, 0) is 40.9 Å². The Morgan fingerprint density at radius 3 is 2.26 bits per heavy atom. The molecule has 15 heteroatoms. The van der Waals surface area contributed by atoms with Crippen LogP contribution in [-0.4, -0.2) is 64.7 Å². The summed E-state index contributed by atoms with van der Waals surface area (Å²) in [5.41, 5.74) is 6.78. The molecule has 13 nitrogen and oxygen atoms in total. The molecule has 0 saturated carbocycles. The number of hydrogen-bond donors (Lipinski definition) is 2. The van der Waals surface area contributed by atoms with Gasteiger partial charge in [0.05, 0.1) is 31.5 Å². The molecule has 0 saturated heterocycles. The van der Waals surface area contributed by atoms with E-state index in [9.17, 15) is 20.0 Å². The van der Waals surface area contributed by atoms with Crippen LogP contribution in [0.1, 0.15) is 120 Å². The minimum atomic E-state index is -4.66. The van der Waals surface area contributed by atoms with Crippen molar-refractivity contribution < 1.29 is 32.7 Å². The maximum Gasteiger partial charge on any atom is 0.472 e. The molecule has 2 aromatic heterocycles. The molecule has 3 atom stereocenters. The Balaban J connectivity index is 1.44. The van der Waals surface area contributed by atoms with E-state index in [4.69, 9.17) is 40.6 Å². The van der Waals surface area contributed by atoms with E-state index in [2.05, 4.69) is 29.1 Å².